The Kier molecular flexibility index (Phi) is 3.16. The predicted molar refractivity (Wildman–Crippen MR) is 75.7 cm³/mol. The van der Waals surface area contributed by atoms with E-state index in [4.69, 9.17) is 17.3 Å². The molecule has 1 aromatic heterocycles. The predicted octanol–water partition coefficient (Wildman–Crippen LogP) is 3.85. The summed E-state index contributed by atoms with van der Waals surface area (Å²) in [6.07, 6.45) is 6.64. The minimum absolute atomic E-state index is 0.587. The zero-order valence-electron chi connectivity index (χ0n) is 10.4. The largest absolute Gasteiger partial charge is 0.369 e. The minimum Gasteiger partial charge on any atom is -0.369 e. The molecule has 2 N–H and O–H groups in total. The van der Waals surface area contributed by atoms with E-state index in [1.165, 1.54) is 32.1 Å². The highest BCUT2D eigenvalue weighted by Crippen LogP contribution is 2.30. The standard InChI is InChI=1S/C14H18ClN3/c15-11-7-4-8-12-13(11)18(14(16)17-12)9-10-5-2-1-3-6-10/h4,7-8,10H,1-3,5-6,9H2,(H2,16,17). The number of nitrogen functional groups attached to an aromatic ring is 1. The Bertz CT molecular complexity index is 555. The van der Waals surface area contributed by atoms with Crippen molar-refractivity contribution in [2.24, 2.45) is 5.92 Å². The number of hydrogen-bond donors (Lipinski definition) is 1. The maximum Gasteiger partial charge on any atom is 0.201 e. The molecule has 0 saturated heterocycles. The summed E-state index contributed by atoms with van der Waals surface area (Å²) in [5.74, 6) is 1.30. The molecule has 1 fully saturated rings. The highest BCUT2D eigenvalue weighted by Gasteiger charge is 2.18. The average molecular weight is 264 g/mol. The monoisotopic (exact) mass is 263 g/mol. The lowest BCUT2D eigenvalue weighted by atomic mass is 9.89. The molecule has 0 aliphatic heterocycles. The van der Waals surface area contributed by atoms with Gasteiger partial charge in [-0.15, -0.1) is 0 Å². The molecule has 1 aliphatic rings. The summed E-state index contributed by atoms with van der Waals surface area (Å²) < 4.78 is 2.09. The van der Waals surface area contributed by atoms with Crippen LogP contribution in [0.5, 0.6) is 0 Å². The third-order valence-corrected chi connectivity index (χ3v) is 4.22. The highest BCUT2D eigenvalue weighted by atomic mass is 35.5. The molecule has 96 valence electrons. The summed E-state index contributed by atoms with van der Waals surface area (Å²) in [6.45, 7) is 0.950. The number of nitrogens with zero attached hydrogens (tertiary/aromatic N) is 2. The Hall–Kier alpha value is -1.22. The molecule has 0 radical (unpaired) electrons. The van der Waals surface area contributed by atoms with Crippen LogP contribution < -0.4 is 5.73 Å². The van der Waals surface area contributed by atoms with Crippen molar-refractivity contribution in [2.75, 3.05) is 5.73 Å². The summed E-state index contributed by atoms with van der Waals surface area (Å²) in [7, 11) is 0. The Morgan fingerprint density at radius 3 is 2.83 bits per heavy atom. The molecule has 1 aromatic carbocycles. The van der Waals surface area contributed by atoms with E-state index in [0.29, 0.717) is 5.95 Å². The van der Waals surface area contributed by atoms with E-state index in [9.17, 15) is 0 Å². The first kappa shape index (κ1) is 11.8. The highest BCUT2D eigenvalue weighted by molar-refractivity contribution is 6.35. The lowest BCUT2D eigenvalue weighted by Crippen LogP contribution is -2.15. The third kappa shape index (κ3) is 2.07. The van der Waals surface area contributed by atoms with Crippen LogP contribution in [0.15, 0.2) is 18.2 Å². The average Bonchev–Trinajstić information content (AvgIpc) is 2.69. The van der Waals surface area contributed by atoms with E-state index in [1.807, 2.05) is 18.2 Å². The maximum atomic E-state index is 6.28. The Labute approximate surface area is 112 Å². The van der Waals surface area contributed by atoms with Crippen molar-refractivity contribution in [3.05, 3.63) is 23.2 Å². The van der Waals surface area contributed by atoms with Gasteiger partial charge in [-0.25, -0.2) is 4.98 Å². The smallest absolute Gasteiger partial charge is 0.201 e. The van der Waals surface area contributed by atoms with Crippen LogP contribution in [-0.2, 0) is 6.54 Å². The van der Waals surface area contributed by atoms with Crippen LogP contribution in [0.25, 0.3) is 11.0 Å². The molecule has 18 heavy (non-hydrogen) atoms. The molecular formula is C14H18ClN3. The summed E-state index contributed by atoms with van der Waals surface area (Å²) in [5.41, 5.74) is 7.92. The van der Waals surface area contributed by atoms with Crippen molar-refractivity contribution in [3.8, 4) is 0 Å². The number of halogens is 1. The summed E-state index contributed by atoms with van der Waals surface area (Å²) in [5, 5.41) is 0.743. The minimum atomic E-state index is 0.587. The molecule has 1 heterocycles. The van der Waals surface area contributed by atoms with Crippen LogP contribution in [0.2, 0.25) is 5.02 Å². The first-order valence-corrected chi connectivity index (χ1v) is 7.04. The van der Waals surface area contributed by atoms with Crippen LogP contribution in [0.3, 0.4) is 0 Å². The van der Waals surface area contributed by atoms with Gasteiger partial charge in [-0.3, -0.25) is 0 Å². The van der Waals surface area contributed by atoms with E-state index in [0.717, 1.165) is 28.5 Å². The lowest BCUT2D eigenvalue weighted by Gasteiger charge is -2.22. The Morgan fingerprint density at radius 1 is 1.28 bits per heavy atom. The molecule has 0 atom stereocenters. The molecule has 3 nitrogen and oxygen atoms in total. The van der Waals surface area contributed by atoms with Crippen LogP contribution >= 0.6 is 11.6 Å². The zero-order chi connectivity index (χ0) is 12.5. The number of para-hydroxylation sites is 1. The van der Waals surface area contributed by atoms with Crippen molar-refractivity contribution in [3.63, 3.8) is 0 Å². The van der Waals surface area contributed by atoms with Crippen LogP contribution in [0.4, 0.5) is 5.95 Å². The van der Waals surface area contributed by atoms with E-state index >= 15 is 0 Å². The summed E-state index contributed by atoms with van der Waals surface area (Å²) in [4.78, 5) is 4.40. The van der Waals surface area contributed by atoms with E-state index in [2.05, 4.69) is 9.55 Å². The summed E-state index contributed by atoms with van der Waals surface area (Å²) in [6, 6.07) is 5.79. The van der Waals surface area contributed by atoms with Crippen LogP contribution in [0, 0.1) is 5.92 Å². The van der Waals surface area contributed by atoms with Gasteiger partial charge in [-0.1, -0.05) is 36.9 Å². The number of hydrogen-bond acceptors (Lipinski definition) is 2. The van der Waals surface area contributed by atoms with Gasteiger partial charge in [-0.05, 0) is 30.9 Å². The van der Waals surface area contributed by atoms with Crippen molar-refractivity contribution in [1.82, 2.24) is 9.55 Å². The van der Waals surface area contributed by atoms with Gasteiger partial charge in [0.05, 0.1) is 16.1 Å². The van der Waals surface area contributed by atoms with Gasteiger partial charge in [0, 0.05) is 6.54 Å². The second-order valence-electron chi connectivity index (χ2n) is 5.19. The van der Waals surface area contributed by atoms with Gasteiger partial charge in [0.1, 0.15) is 0 Å². The van der Waals surface area contributed by atoms with Gasteiger partial charge < -0.3 is 10.3 Å². The first-order valence-electron chi connectivity index (χ1n) is 6.66. The summed E-state index contributed by atoms with van der Waals surface area (Å²) >= 11 is 6.28. The zero-order valence-corrected chi connectivity index (χ0v) is 11.2. The topological polar surface area (TPSA) is 43.8 Å². The number of anilines is 1. The second-order valence-corrected chi connectivity index (χ2v) is 5.60. The fourth-order valence-corrected chi connectivity index (χ4v) is 3.24. The van der Waals surface area contributed by atoms with Gasteiger partial charge in [0.25, 0.3) is 0 Å². The maximum absolute atomic E-state index is 6.28. The van der Waals surface area contributed by atoms with Gasteiger partial charge in [0.2, 0.25) is 5.95 Å². The molecule has 0 amide bonds. The Morgan fingerprint density at radius 2 is 2.06 bits per heavy atom. The van der Waals surface area contributed by atoms with Crippen molar-refractivity contribution in [1.29, 1.82) is 0 Å². The molecule has 1 saturated carbocycles. The number of aromatic nitrogens is 2. The fraction of sp³-hybridized carbons (Fsp3) is 0.500. The number of imidazole rings is 1. The second kappa shape index (κ2) is 4.81. The quantitative estimate of drug-likeness (QED) is 0.894. The number of rotatable bonds is 2. The van der Waals surface area contributed by atoms with Crippen molar-refractivity contribution >= 4 is 28.6 Å². The molecule has 1 aliphatic carbocycles. The number of fused-ring (bicyclic) bond motifs is 1. The molecule has 3 rings (SSSR count). The SMILES string of the molecule is Nc1nc2cccc(Cl)c2n1CC1CCCCC1. The third-order valence-electron chi connectivity index (χ3n) is 3.91. The normalized spacial score (nSPS) is 17.4. The van der Waals surface area contributed by atoms with E-state index in [-0.39, 0.29) is 0 Å². The lowest BCUT2D eigenvalue weighted by molar-refractivity contribution is 0.323. The molecular weight excluding hydrogens is 246 g/mol. The fourth-order valence-electron chi connectivity index (χ4n) is 2.97. The van der Waals surface area contributed by atoms with Gasteiger partial charge >= 0.3 is 0 Å². The van der Waals surface area contributed by atoms with E-state index < -0.39 is 0 Å². The van der Waals surface area contributed by atoms with E-state index in [1.54, 1.807) is 0 Å². The molecule has 0 unspecified atom stereocenters. The van der Waals surface area contributed by atoms with Crippen LogP contribution in [-0.4, -0.2) is 9.55 Å². The number of benzene rings is 1. The van der Waals surface area contributed by atoms with Crippen molar-refractivity contribution < 1.29 is 0 Å². The molecule has 0 bridgehead atoms. The molecule has 2 aromatic rings. The molecule has 4 heteroatoms. The van der Waals surface area contributed by atoms with Gasteiger partial charge in [-0.2, -0.15) is 0 Å². The number of nitrogens with two attached hydrogens (primary N) is 1. The molecule has 0 spiro atoms. The van der Waals surface area contributed by atoms with Gasteiger partial charge in [0.15, 0.2) is 0 Å². The van der Waals surface area contributed by atoms with Crippen molar-refractivity contribution in [2.45, 2.75) is 38.6 Å². The Balaban J connectivity index is 1.97. The first-order chi connectivity index (χ1) is 8.75. The van der Waals surface area contributed by atoms with Crippen LogP contribution in [0.1, 0.15) is 32.1 Å².